The van der Waals surface area contributed by atoms with Crippen molar-refractivity contribution in [2.45, 2.75) is 0 Å². The lowest BCUT2D eigenvalue weighted by atomic mass is 10.2. The van der Waals surface area contributed by atoms with Gasteiger partial charge in [-0.25, -0.2) is 4.79 Å². The Morgan fingerprint density at radius 3 is 2.50 bits per heavy atom. The molecule has 0 aliphatic rings. The Kier molecular flexibility index (Phi) is 4.14. The van der Waals surface area contributed by atoms with Crippen LogP contribution in [0.4, 0.5) is 5.69 Å². The Morgan fingerprint density at radius 1 is 1.38 bits per heavy atom. The maximum atomic E-state index is 10.9. The summed E-state index contributed by atoms with van der Waals surface area (Å²) >= 11 is 8.87. The molecule has 0 radical (unpaired) electrons. The number of carboxylic acid groups (broad SMARTS) is 2. The monoisotopic (exact) mass is 307 g/mol. The number of carboxylic acids is 2. The van der Waals surface area contributed by atoms with E-state index in [9.17, 15) is 9.59 Å². The van der Waals surface area contributed by atoms with Crippen LogP contribution in [0.5, 0.6) is 0 Å². The van der Waals surface area contributed by atoms with Crippen molar-refractivity contribution >= 4 is 45.2 Å². The summed E-state index contributed by atoms with van der Waals surface area (Å²) in [4.78, 5) is 21.2. The number of nitrogens with one attached hydrogen (secondary N) is 1. The second-order valence-electron chi connectivity index (χ2n) is 2.86. The van der Waals surface area contributed by atoms with Crippen LogP contribution in [-0.2, 0) is 4.79 Å². The Bertz CT molecular complexity index is 449. The number of halogens is 2. The summed E-state index contributed by atoms with van der Waals surface area (Å²) < 4.78 is 0.437. The first-order valence-electron chi connectivity index (χ1n) is 4.10. The van der Waals surface area contributed by atoms with E-state index in [1.165, 1.54) is 12.1 Å². The molecule has 1 rings (SSSR count). The highest BCUT2D eigenvalue weighted by Gasteiger charge is 2.13. The first-order chi connectivity index (χ1) is 7.41. The summed E-state index contributed by atoms with van der Waals surface area (Å²) in [6, 6.07) is 2.67. The molecule has 86 valence electrons. The molecular weight excluding hydrogens is 301 g/mol. The molecule has 0 heterocycles. The number of anilines is 1. The molecule has 0 aromatic heterocycles. The molecule has 1 aromatic carbocycles. The van der Waals surface area contributed by atoms with Crippen molar-refractivity contribution in [2.75, 3.05) is 11.9 Å². The lowest BCUT2D eigenvalue weighted by Gasteiger charge is -2.09. The zero-order valence-corrected chi connectivity index (χ0v) is 10.2. The third-order valence-corrected chi connectivity index (χ3v) is 2.92. The number of benzene rings is 1. The van der Waals surface area contributed by atoms with E-state index in [-0.39, 0.29) is 17.8 Å². The molecule has 0 amide bonds. The largest absolute Gasteiger partial charge is 0.480 e. The standard InChI is InChI=1S/C9H7BrClNO4/c10-5-1-4(9(15)16)7(2-6(5)11)12-3-8(13)14/h1-2,12H,3H2,(H,13,14)(H,15,16). The summed E-state index contributed by atoms with van der Waals surface area (Å²) in [6.07, 6.45) is 0. The van der Waals surface area contributed by atoms with E-state index >= 15 is 0 Å². The van der Waals surface area contributed by atoms with Crippen molar-refractivity contribution in [1.82, 2.24) is 0 Å². The number of rotatable bonds is 4. The molecule has 16 heavy (non-hydrogen) atoms. The Labute approximate surface area is 104 Å². The Hall–Kier alpha value is -1.27. The topological polar surface area (TPSA) is 86.6 Å². The van der Waals surface area contributed by atoms with Crippen molar-refractivity contribution in [1.29, 1.82) is 0 Å². The zero-order valence-electron chi connectivity index (χ0n) is 7.83. The maximum Gasteiger partial charge on any atom is 0.337 e. The predicted octanol–water partition coefficient (Wildman–Crippen LogP) is 2.30. The van der Waals surface area contributed by atoms with E-state index in [1.54, 1.807) is 0 Å². The molecule has 0 bridgehead atoms. The molecule has 5 nitrogen and oxygen atoms in total. The number of hydrogen-bond acceptors (Lipinski definition) is 3. The van der Waals surface area contributed by atoms with Crippen molar-refractivity contribution in [2.24, 2.45) is 0 Å². The van der Waals surface area contributed by atoms with Gasteiger partial charge in [0.2, 0.25) is 0 Å². The van der Waals surface area contributed by atoms with Gasteiger partial charge in [-0.2, -0.15) is 0 Å². The van der Waals surface area contributed by atoms with Gasteiger partial charge in [0.05, 0.1) is 16.3 Å². The third-order valence-electron chi connectivity index (χ3n) is 1.72. The molecule has 0 saturated carbocycles. The molecule has 0 fully saturated rings. The Morgan fingerprint density at radius 2 is 2.00 bits per heavy atom. The fourth-order valence-corrected chi connectivity index (χ4v) is 1.55. The zero-order chi connectivity index (χ0) is 12.3. The van der Waals surface area contributed by atoms with Crippen LogP contribution in [0.15, 0.2) is 16.6 Å². The Balaban J connectivity index is 3.09. The van der Waals surface area contributed by atoms with Crippen LogP contribution >= 0.6 is 27.5 Å². The van der Waals surface area contributed by atoms with Gasteiger partial charge in [0.15, 0.2) is 0 Å². The van der Waals surface area contributed by atoms with E-state index in [2.05, 4.69) is 21.2 Å². The van der Waals surface area contributed by atoms with Crippen LogP contribution in [0, 0.1) is 0 Å². The smallest absolute Gasteiger partial charge is 0.337 e. The quantitative estimate of drug-likeness (QED) is 0.794. The number of aromatic carboxylic acids is 1. The third kappa shape index (κ3) is 3.11. The van der Waals surface area contributed by atoms with Crippen molar-refractivity contribution in [3.05, 3.63) is 27.2 Å². The average Bonchev–Trinajstić information content (AvgIpc) is 2.18. The first-order valence-corrected chi connectivity index (χ1v) is 5.27. The SMILES string of the molecule is O=C(O)CNc1cc(Cl)c(Br)cc1C(=O)O. The molecule has 0 saturated heterocycles. The molecule has 1 aromatic rings. The van der Waals surface area contributed by atoms with Crippen LogP contribution < -0.4 is 5.32 Å². The normalized spacial score (nSPS) is 9.88. The molecule has 0 unspecified atom stereocenters. The molecule has 0 atom stereocenters. The lowest BCUT2D eigenvalue weighted by molar-refractivity contribution is -0.134. The molecule has 3 N–H and O–H groups in total. The van der Waals surface area contributed by atoms with Gasteiger partial charge in [-0.1, -0.05) is 11.6 Å². The number of carbonyl (C=O) groups is 2. The van der Waals surface area contributed by atoms with Gasteiger partial charge < -0.3 is 15.5 Å². The van der Waals surface area contributed by atoms with Crippen molar-refractivity contribution in [3.63, 3.8) is 0 Å². The van der Waals surface area contributed by atoms with Crippen LogP contribution in [0.3, 0.4) is 0 Å². The van der Waals surface area contributed by atoms with Gasteiger partial charge in [0, 0.05) is 4.47 Å². The predicted molar refractivity (Wildman–Crippen MR) is 62.2 cm³/mol. The van der Waals surface area contributed by atoms with Crippen LogP contribution in [0.25, 0.3) is 0 Å². The minimum absolute atomic E-state index is 0.0440. The summed E-state index contributed by atoms with van der Waals surface area (Å²) in [7, 11) is 0. The maximum absolute atomic E-state index is 10.9. The highest BCUT2D eigenvalue weighted by atomic mass is 79.9. The van der Waals surface area contributed by atoms with Crippen LogP contribution in [-0.4, -0.2) is 28.7 Å². The second-order valence-corrected chi connectivity index (χ2v) is 4.13. The molecular formula is C9H7BrClNO4. The number of aliphatic carboxylic acids is 1. The minimum Gasteiger partial charge on any atom is -0.480 e. The van der Waals surface area contributed by atoms with E-state index in [1.807, 2.05) is 0 Å². The molecule has 7 heteroatoms. The van der Waals surface area contributed by atoms with E-state index < -0.39 is 11.9 Å². The van der Waals surface area contributed by atoms with Gasteiger partial charge >= 0.3 is 11.9 Å². The summed E-state index contributed by atoms with van der Waals surface area (Å²) in [6.45, 7) is -0.377. The molecule has 0 spiro atoms. The fourth-order valence-electron chi connectivity index (χ4n) is 1.04. The van der Waals surface area contributed by atoms with Gasteiger partial charge in [-0.15, -0.1) is 0 Å². The minimum atomic E-state index is -1.16. The van der Waals surface area contributed by atoms with Crippen molar-refractivity contribution < 1.29 is 19.8 Å². The van der Waals surface area contributed by atoms with Crippen LogP contribution in [0.2, 0.25) is 5.02 Å². The first kappa shape index (κ1) is 12.8. The highest BCUT2D eigenvalue weighted by molar-refractivity contribution is 9.10. The highest BCUT2D eigenvalue weighted by Crippen LogP contribution is 2.29. The van der Waals surface area contributed by atoms with Crippen molar-refractivity contribution in [3.8, 4) is 0 Å². The summed E-state index contributed by atoms with van der Waals surface area (Å²) in [5.41, 5.74) is 0.126. The van der Waals surface area contributed by atoms with Gasteiger partial charge in [0.25, 0.3) is 0 Å². The van der Waals surface area contributed by atoms with Gasteiger partial charge in [0.1, 0.15) is 6.54 Å². The van der Waals surface area contributed by atoms with E-state index in [0.29, 0.717) is 9.50 Å². The lowest BCUT2D eigenvalue weighted by Crippen LogP contribution is -2.14. The van der Waals surface area contributed by atoms with Gasteiger partial charge in [-0.05, 0) is 28.1 Å². The van der Waals surface area contributed by atoms with Gasteiger partial charge in [-0.3, -0.25) is 4.79 Å². The number of hydrogen-bond donors (Lipinski definition) is 3. The fraction of sp³-hybridized carbons (Fsp3) is 0.111. The molecule has 0 aliphatic heterocycles. The second kappa shape index (κ2) is 5.18. The van der Waals surface area contributed by atoms with E-state index in [4.69, 9.17) is 21.8 Å². The average molecular weight is 309 g/mol. The summed E-state index contributed by atoms with van der Waals surface area (Å²) in [5.74, 6) is -2.25. The summed E-state index contributed by atoms with van der Waals surface area (Å²) in [5, 5.41) is 20.2. The van der Waals surface area contributed by atoms with Crippen LogP contribution in [0.1, 0.15) is 10.4 Å². The molecule has 0 aliphatic carbocycles. The van der Waals surface area contributed by atoms with E-state index in [0.717, 1.165) is 0 Å².